The van der Waals surface area contributed by atoms with Crippen molar-refractivity contribution >= 4 is 11.9 Å². The Kier molecular flexibility index (Phi) is 3.97. The molecule has 23 heavy (non-hydrogen) atoms. The van der Waals surface area contributed by atoms with E-state index in [4.69, 9.17) is 0 Å². The van der Waals surface area contributed by atoms with Crippen LogP contribution in [0.5, 0.6) is 0 Å². The van der Waals surface area contributed by atoms with Crippen LogP contribution in [0.4, 0.5) is 0 Å². The number of pyridine rings is 1. The lowest BCUT2D eigenvalue weighted by molar-refractivity contribution is -0.141. The molecule has 1 aromatic heterocycles. The van der Waals surface area contributed by atoms with Gasteiger partial charge in [0.05, 0.1) is 5.92 Å². The number of nitrogens with zero attached hydrogens (tertiary/aromatic N) is 1. The molecular formula is C17H16N2O4. The Morgan fingerprint density at radius 2 is 1.83 bits per heavy atom. The minimum atomic E-state index is -0.934. The van der Waals surface area contributed by atoms with E-state index in [0.29, 0.717) is 0 Å². The minimum Gasteiger partial charge on any atom is -0.481 e. The van der Waals surface area contributed by atoms with E-state index in [9.17, 15) is 19.5 Å². The third kappa shape index (κ3) is 2.88. The smallest absolute Gasteiger partial charge is 0.308 e. The van der Waals surface area contributed by atoms with Gasteiger partial charge in [-0.3, -0.25) is 14.4 Å². The Hall–Kier alpha value is -2.89. The van der Waals surface area contributed by atoms with E-state index in [0.717, 1.165) is 5.56 Å². The van der Waals surface area contributed by atoms with Crippen LogP contribution in [0.25, 0.3) is 0 Å². The number of carboxylic acid groups (broad SMARTS) is 1. The number of likely N-dealkylation sites (tertiary alicyclic amines) is 1. The molecule has 0 spiro atoms. The molecule has 2 atom stereocenters. The predicted molar refractivity (Wildman–Crippen MR) is 83.3 cm³/mol. The van der Waals surface area contributed by atoms with Crippen molar-refractivity contribution in [2.75, 3.05) is 13.1 Å². The first kappa shape index (κ1) is 15.0. The van der Waals surface area contributed by atoms with Crippen LogP contribution < -0.4 is 5.56 Å². The van der Waals surface area contributed by atoms with Crippen molar-refractivity contribution in [1.29, 1.82) is 0 Å². The summed E-state index contributed by atoms with van der Waals surface area (Å²) in [5, 5.41) is 9.46. The third-order valence-electron chi connectivity index (χ3n) is 4.20. The van der Waals surface area contributed by atoms with Gasteiger partial charge in [0.25, 0.3) is 11.5 Å². The van der Waals surface area contributed by atoms with Crippen LogP contribution in [0.2, 0.25) is 0 Å². The molecule has 0 unspecified atom stereocenters. The lowest BCUT2D eigenvalue weighted by Gasteiger charge is -2.16. The summed E-state index contributed by atoms with van der Waals surface area (Å²) in [6.45, 7) is 0.385. The normalized spacial score (nSPS) is 20.4. The van der Waals surface area contributed by atoms with Crippen molar-refractivity contribution < 1.29 is 14.7 Å². The number of nitrogens with one attached hydrogen (secondary N) is 1. The molecule has 0 aliphatic carbocycles. The molecule has 118 valence electrons. The molecule has 0 bridgehead atoms. The Bertz CT molecular complexity index is 784. The number of hydrogen-bond donors (Lipinski definition) is 2. The molecule has 3 rings (SSSR count). The van der Waals surface area contributed by atoms with Gasteiger partial charge >= 0.3 is 5.97 Å². The molecule has 1 aliphatic heterocycles. The van der Waals surface area contributed by atoms with Crippen molar-refractivity contribution in [3.8, 4) is 0 Å². The van der Waals surface area contributed by atoms with Gasteiger partial charge in [0.1, 0.15) is 5.56 Å². The summed E-state index contributed by atoms with van der Waals surface area (Å²) >= 11 is 0. The lowest BCUT2D eigenvalue weighted by atomic mass is 9.89. The fourth-order valence-corrected chi connectivity index (χ4v) is 3.02. The summed E-state index contributed by atoms with van der Waals surface area (Å²) in [6, 6.07) is 12.3. The van der Waals surface area contributed by atoms with E-state index < -0.39 is 23.4 Å². The number of aromatic amines is 1. The molecule has 0 radical (unpaired) electrons. The van der Waals surface area contributed by atoms with Crippen molar-refractivity contribution in [1.82, 2.24) is 9.88 Å². The first-order valence-corrected chi connectivity index (χ1v) is 7.32. The largest absolute Gasteiger partial charge is 0.481 e. The summed E-state index contributed by atoms with van der Waals surface area (Å²) in [5.74, 6) is -2.32. The topological polar surface area (TPSA) is 90.5 Å². The maximum Gasteiger partial charge on any atom is 0.308 e. The molecular weight excluding hydrogens is 296 g/mol. The lowest BCUT2D eigenvalue weighted by Crippen LogP contribution is -2.33. The van der Waals surface area contributed by atoms with Crippen molar-refractivity contribution in [2.24, 2.45) is 5.92 Å². The quantitative estimate of drug-likeness (QED) is 0.894. The highest BCUT2D eigenvalue weighted by Crippen LogP contribution is 2.33. The second kappa shape index (κ2) is 6.08. The summed E-state index contributed by atoms with van der Waals surface area (Å²) in [6.07, 6.45) is 1.45. The van der Waals surface area contributed by atoms with Crippen LogP contribution >= 0.6 is 0 Å². The zero-order valence-corrected chi connectivity index (χ0v) is 12.3. The fourth-order valence-electron chi connectivity index (χ4n) is 3.02. The second-order valence-corrected chi connectivity index (χ2v) is 5.58. The van der Waals surface area contributed by atoms with Crippen LogP contribution in [-0.4, -0.2) is 40.0 Å². The highest BCUT2D eigenvalue weighted by molar-refractivity contribution is 5.94. The number of carbonyl (C=O) groups excluding carboxylic acids is 1. The molecule has 6 nitrogen and oxygen atoms in total. The van der Waals surface area contributed by atoms with Crippen LogP contribution in [0.15, 0.2) is 53.5 Å². The number of hydrogen-bond acceptors (Lipinski definition) is 3. The number of amides is 1. The highest BCUT2D eigenvalue weighted by Gasteiger charge is 2.40. The summed E-state index contributed by atoms with van der Waals surface area (Å²) in [7, 11) is 0. The standard InChI is InChI=1S/C17H16N2O4/c20-15-12(7-4-8-18-15)16(21)19-9-13(14(10-19)17(22)23)11-5-2-1-3-6-11/h1-8,13-14H,9-10H2,(H,18,20)(H,22,23)/t13-,14+/m0/s1. The summed E-state index contributed by atoms with van der Waals surface area (Å²) in [4.78, 5) is 39.7. The van der Waals surface area contributed by atoms with Gasteiger partial charge in [-0.15, -0.1) is 0 Å². The number of aliphatic carboxylic acids is 1. The van der Waals surface area contributed by atoms with Gasteiger partial charge in [0.15, 0.2) is 0 Å². The summed E-state index contributed by atoms with van der Waals surface area (Å²) < 4.78 is 0. The number of H-pyrrole nitrogens is 1. The molecule has 0 saturated carbocycles. The van der Waals surface area contributed by atoms with Crippen molar-refractivity contribution in [3.63, 3.8) is 0 Å². The second-order valence-electron chi connectivity index (χ2n) is 5.58. The zero-order valence-electron chi connectivity index (χ0n) is 12.3. The van der Waals surface area contributed by atoms with E-state index in [1.807, 2.05) is 30.3 Å². The van der Waals surface area contributed by atoms with Gasteiger partial charge in [-0.25, -0.2) is 0 Å². The van der Waals surface area contributed by atoms with Gasteiger partial charge in [-0.1, -0.05) is 30.3 Å². The van der Waals surface area contributed by atoms with Gasteiger partial charge in [0.2, 0.25) is 0 Å². The highest BCUT2D eigenvalue weighted by atomic mass is 16.4. The van der Waals surface area contributed by atoms with Crippen molar-refractivity contribution in [3.05, 3.63) is 70.1 Å². The third-order valence-corrected chi connectivity index (χ3v) is 4.20. The monoisotopic (exact) mass is 312 g/mol. The summed E-state index contributed by atoms with van der Waals surface area (Å²) in [5.41, 5.74) is 0.454. The number of carbonyl (C=O) groups is 2. The van der Waals surface area contributed by atoms with Gasteiger partial charge < -0.3 is 15.0 Å². The van der Waals surface area contributed by atoms with E-state index in [2.05, 4.69) is 4.98 Å². The zero-order chi connectivity index (χ0) is 16.4. The van der Waals surface area contributed by atoms with Crippen LogP contribution in [0, 0.1) is 5.92 Å². The minimum absolute atomic E-state index is 0.0327. The molecule has 2 heterocycles. The van der Waals surface area contributed by atoms with Gasteiger partial charge in [-0.05, 0) is 17.7 Å². The Balaban J connectivity index is 1.89. The van der Waals surface area contributed by atoms with Crippen molar-refractivity contribution in [2.45, 2.75) is 5.92 Å². The van der Waals surface area contributed by atoms with Crippen LogP contribution in [-0.2, 0) is 4.79 Å². The Labute approximate surface area is 132 Å². The fraction of sp³-hybridized carbons (Fsp3) is 0.235. The first-order valence-electron chi connectivity index (χ1n) is 7.32. The molecule has 1 aromatic carbocycles. The number of aromatic nitrogens is 1. The average molecular weight is 312 g/mol. The van der Waals surface area contributed by atoms with Gasteiger partial charge in [-0.2, -0.15) is 0 Å². The molecule has 2 aromatic rings. The van der Waals surface area contributed by atoms with E-state index in [-0.39, 0.29) is 24.6 Å². The van der Waals surface area contributed by atoms with E-state index in [1.165, 1.54) is 17.2 Å². The predicted octanol–water partition coefficient (Wildman–Crippen LogP) is 1.32. The maximum atomic E-state index is 12.5. The first-order chi connectivity index (χ1) is 11.1. The SMILES string of the molecule is O=C(O)[C@@H]1CN(C(=O)c2ccc[nH]c2=O)C[C@H]1c1ccccc1. The number of rotatable bonds is 3. The maximum absolute atomic E-state index is 12.5. The molecule has 2 N–H and O–H groups in total. The average Bonchev–Trinajstić information content (AvgIpc) is 3.01. The molecule has 1 saturated heterocycles. The van der Waals surface area contributed by atoms with Crippen LogP contribution in [0.3, 0.4) is 0 Å². The van der Waals surface area contributed by atoms with Gasteiger partial charge in [0, 0.05) is 25.2 Å². The number of carboxylic acids is 1. The van der Waals surface area contributed by atoms with E-state index >= 15 is 0 Å². The molecule has 1 amide bonds. The molecule has 1 fully saturated rings. The van der Waals surface area contributed by atoms with Crippen LogP contribution in [0.1, 0.15) is 21.8 Å². The Morgan fingerprint density at radius 3 is 2.48 bits per heavy atom. The number of benzene rings is 1. The molecule has 6 heteroatoms. The van der Waals surface area contributed by atoms with E-state index in [1.54, 1.807) is 6.07 Å². The molecule has 1 aliphatic rings. The Morgan fingerprint density at radius 1 is 1.09 bits per heavy atom.